The van der Waals surface area contributed by atoms with E-state index in [0.29, 0.717) is 21.7 Å². The number of fused-ring (bicyclic) bond motifs is 1. The minimum absolute atomic E-state index is 0.0224. The third-order valence-corrected chi connectivity index (χ3v) is 3.21. The van der Waals surface area contributed by atoms with Crippen molar-refractivity contribution in [3.8, 4) is 11.5 Å². The van der Waals surface area contributed by atoms with Crippen LogP contribution in [0.25, 0.3) is 22.6 Å². The molecule has 0 atom stereocenters. The number of oxazole rings is 1. The van der Waals surface area contributed by atoms with Crippen molar-refractivity contribution in [1.29, 1.82) is 0 Å². The summed E-state index contributed by atoms with van der Waals surface area (Å²) >= 11 is 5.90. The second-order valence-electron chi connectivity index (χ2n) is 4.66. The molecule has 1 amide bonds. The molecule has 1 N–H and O–H groups in total. The molecule has 3 rings (SSSR count). The first-order chi connectivity index (χ1) is 10.8. The second kappa shape index (κ2) is 5.58. The molecule has 4 nitrogen and oxygen atoms in total. The summed E-state index contributed by atoms with van der Waals surface area (Å²) in [6, 6.07) is 10.8. The number of anilines is 1. The van der Waals surface area contributed by atoms with Crippen molar-refractivity contribution in [3.05, 3.63) is 47.5 Å². The number of aromatic nitrogens is 1. The lowest BCUT2D eigenvalue weighted by Crippen LogP contribution is -2.29. The van der Waals surface area contributed by atoms with Crippen LogP contribution in [0.3, 0.4) is 0 Å². The predicted molar refractivity (Wildman–Crippen MR) is 79.1 cm³/mol. The number of carbonyl (C=O) groups excluding carboxylic acids is 1. The lowest BCUT2D eigenvalue weighted by molar-refractivity contribution is -0.167. The van der Waals surface area contributed by atoms with Gasteiger partial charge in [-0.3, -0.25) is 4.79 Å². The number of halogens is 4. The van der Waals surface area contributed by atoms with Crippen molar-refractivity contribution in [2.45, 2.75) is 6.18 Å². The molecule has 0 aliphatic heterocycles. The summed E-state index contributed by atoms with van der Waals surface area (Å²) in [5.41, 5.74) is 1.31. The first-order valence-corrected chi connectivity index (χ1v) is 6.75. The van der Waals surface area contributed by atoms with E-state index in [1.165, 1.54) is 18.2 Å². The average Bonchev–Trinajstić information content (AvgIpc) is 2.89. The highest BCUT2D eigenvalue weighted by Crippen LogP contribution is 2.28. The number of amides is 1. The molecule has 0 saturated heterocycles. The zero-order valence-electron chi connectivity index (χ0n) is 11.3. The van der Waals surface area contributed by atoms with Gasteiger partial charge in [-0.15, -0.1) is 0 Å². The number of hydrogen-bond donors (Lipinski definition) is 1. The van der Waals surface area contributed by atoms with Gasteiger partial charge in [-0.2, -0.15) is 13.2 Å². The van der Waals surface area contributed by atoms with Crippen molar-refractivity contribution in [1.82, 2.24) is 4.98 Å². The monoisotopic (exact) mass is 340 g/mol. The molecule has 0 fully saturated rings. The van der Waals surface area contributed by atoms with Gasteiger partial charge >= 0.3 is 12.1 Å². The standard InChI is InChI=1S/C15H8ClF3N2O2/c16-9-3-1-2-8(6-9)13-21-11-7-10(4-5-12(11)23-13)20-14(22)15(17,18)19/h1-7H,(H,20,22). The lowest BCUT2D eigenvalue weighted by atomic mass is 10.2. The zero-order valence-corrected chi connectivity index (χ0v) is 12.1. The summed E-state index contributed by atoms with van der Waals surface area (Å²) in [5.74, 6) is -1.77. The smallest absolute Gasteiger partial charge is 0.436 e. The molecule has 0 aliphatic rings. The fourth-order valence-corrected chi connectivity index (χ4v) is 2.14. The molecular formula is C15H8ClF3N2O2. The van der Waals surface area contributed by atoms with Crippen LogP contribution in [0.4, 0.5) is 18.9 Å². The van der Waals surface area contributed by atoms with Crippen LogP contribution in [0.5, 0.6) is 0 Å². The number of rotatable bonds is 2. The number of hydrogen-bond acceptors (Lipinski definition) is 3. The Morgan fingerprint density at radius 2 is 1.96 bits per heavy atom. The molecular weight excluding hydrogens is 333 g/mol. The number of nitrogens with one attached hydrogen (secondary N) is 1. The highest BCUT2D eigenvalue weighted by atomic mass is 35.5. The van der Waals surface area contributed by atoms with Gasteiger partial charge in [0.05, 0.1) is 0 Å². The highest BCUT2D eigenvalue weighted by Gasteiger charge is 2.38. The Hall–Kier alpha value is -2.54. The number of benzene rings is 2. The van der Waals surface area contributed by atoms with Gasteiger partial charge in [-0.1, -0.05) is 17.7 Å². The van der Waals surface area contributed by atoms with Gasteiger partial charge < -0.3 is 9.73 Å². The summed E-state index contributed by atoms with van der Waals surface area (Å²) in [6.07, 6.45) is -4.95. The minimum Gasteiger partial charge on any atom is -0.436 e. The molecule has 8 heteroatoms. The summed E-state index contributed by atoms with van der Waals surface area (Å²) in [4.78, 5) is 15.1. The van der Waals surface area contributed by atoms with E-state index in [-0.39, 0.29) is 11.6 Å². The van der Waals surface area contributed by atoms with Crippen LogP contribution in [0.1, 0.15) is 0 Å². The molecule has 23 heavy (non-hydrogen) atoms. The van der Waals surface area contributed by atoms with Crippen molar-refractivity contribution in [2.24, 2.45) is 0 Å². The Balaban J connectivity index is 1.94. The first-order valence-electron chi connectivity index (χ1n) is 6.37. The maximum atomic E-state index is 12.3. The number of alkyl halides is 3. The van der Waals surface area contributed by atoms with E-state index in [4.69, 9.17) is 16.0 Å². The van der Waals surface area contributed by atoms with Crippen LogP contribution in [0.15, 0.2) is 46.9 Å². The van der Waals surface area contributed by atoms with Crippen LogP contribution in [0, 0.1) is 0 Å². The van der Waals surface area contributed by atoms with Crippen molar-refractivity contribution >= 4 is 34.3 Å². The van der Waals surface area contributed by atoms with Crippen molar-refractivity contribution < 1.29 is 22.4 Å². The fraction of sp³-hybridized carbons (Fsp3) is 0.0667. The summed E-state index contributed by atoms with van der Waals surface area (Å²) < 4.78 is 42.3. The maximum Gasteiger partial charge on any atom is 0.471 e. The molecule has 2 aromatic carbocycles. The van der Waals surface area contributed by atoms with Crippen molar-refractivity contribution in [2.75, 3.05) is 5.32 Å². The maximum absolute atomic E-state index is 12.3. The summed E-state index contributed by atoms with van der Waals surface area (Å²) in [5, 5.41) is 2.27. The van der Waals surface area contributed by atoms with Gasteiger partial charge in [0.1, 0.15) is 5.52 Å². The molecule has 0 bridgehead atoms. The van der Waals surface area contributed by atoms with Crippen LogP contribution >= 0.6 is 11.6 Å². The number of nitrogens with zero attached hydrogens (tertiary/aromatic N) is 1. The Labute approximate surface area is 132 Å². The Kier molecular flexibility index (Phi) is 3.73. The molecule has 1 aromatic heterocycles. The molecule has 1 heterocycles. The first kappa shape index (κ1) is 15.4. The van der Waals surface area contributed by atoms with Crippen LogP contribution < -0.4 is 5.32 Å². The Morgan fingerprint density at radius 3 is 2.65 bits per heavy atom. The van der Waals surface area contributed by atoms with E-state index in [1.807, 2.05) is 0 Å². The Bertz CT molecular complexity index is 890. The van der Waals surface area contributed by atoms with E-state index in [1.54, 1.807) is 29.6 Å². The van der Waals surface area contributed by atoms with Crippen LogP contribution in [0.2, 0.25) is 5.02 Å². The Morgan fingerprint density at radius 1 is 1.17 bits per heavy atom. The molecule has 0 spiro atoms. The van der Waals surface area contributed by atoms with Gasteiger partial charge in [0.2, 0.25) is 5.89 Å². The zero-order chi connectivity index (χ0) is 16.6. The largest absolute Gasteiger partial charge is 0.471 e. The van der Waals surface area contributed by atoms with Crippen LogP contribution in [-0.2, 0) is 4.79 Å². The van der Waals surface area contributed by atoms with E-state index in [9.17, 15) is 18.0 Å². The third kappa shape index (κ3) is 3.29. The molecule has 3 aromatic rings. The van der Waals surface area contributed by atoms with E-state index < -0.39 is 12.1 Å². The lowest BCUT2D eigenvalue weighted by Gasteiger charge is -2.07. The highest BCUT2D eigenvalue weighted by molar-refractivity contribution is 6.30. The van der Waals surface area contributed by atoms with Gasteiger partial charge in [0.25, 0.3) is 0 Å². The van der Waals surface area contributed by atoms with Gasteiger partial charge in [-0.05, 0) is 36.4 Å². The molecule has 118 valence electrons. The van der Waals surface area contributed by atoms with Gasteiger partial charge in [-0.25, -0.2) is 4.98 Å². The third-order valence-electron chi connectivity index (χ3n) is 2.97. The van der Waals surface area contributed by atoms with E-state index in [0.717, 1.165) is 0 Å². The van der Waals surface area contributed by atoms with Crippen molar-refractivity contribution in [3.63, 3.8) is 0 Å². The van der Waals surface area contributed by atoms with Gasteiger partial charge in [0.15, 0.2) is 5.58 Å². The molecule has 0 aliphatic carbocycles. The summed E-state index contributed by atoms with van der Waals surface area (Å²) in [6.45, 7) is 0. The quantitative estimate of drug-likeness (QED) is 0.738. The van der Waals surface area contributed by atoms with E-state index in [2.05, 4.69) is 4.98 Å². The predicted octanol–water partition coefficient (Wildman–Crippen LogP) is 4.65. The van der Waals surface area contributed by atoms with Crippen LogP contribution in [-0.4, -0.2) is 17.1 Å². The normalized spacial score (nSPS) is 11.7. The molecule has 0 radical (unpaired) electrons. The number of carbonyl (C=O) groups is 1. The SMILES string of the molecule is O=C(Nc1ccc2oc(-c3cccc(Cl)c3)nc2c1)C(F)(F)F. The second-order valence-corrected chi connectivity index (χ2v) is 5.10. The molecule has 0 saturated carbocycles. The average molecular weight is 341 g/mol. The van der Waals surface area contributed by atoms with E-state index >= 15 is 0 Å². The topological polar surface area (TPSA) is 55.1 Å². The summed E-state index contributed by atoms with van der Waals surface area (Å²) in [7, 11) is 0. The fourth-order valence-electron chi connectivity index (χ4n) is 1.95. The van der Waals surface area contributed by atoms with Gasteiger partial charge in [0, 0.05) is 16.3 Å². The minimum atomic E-state index is -4.95. The molecule has 0 unspecified atom stereocenters.